The lowest BCUT2D eigenvalue weighted by Gasteiger charge is -2.14. The second-order valence-corrected chi connectivity index (χ2v) is 7.07. The Labute approximate surface area is 131 Å². The molecule has 1 aromatic carbocycles. The molecule has 1 heterocycles. The van der Waals surface area contributed by atoms with E-state index >= 15 is 0 Å². The zero-order valence-corrected chi connectivity index (χ0v) is 13.5. The first-order valence-corrected chi connectivity index (χ1v) is 8.87. The summed E-state index contributed by atoms with van der Waals surface area (Å²) >= 11 is 2.05. The van der Waals surface area contributed by atoms with Crippen molar-refractivity contribution in [2.45, 2.75) is 55.8 Å². The van der Waals surface area contributed by atoms with Crippen LogP contribution in [0.4, 0.5) is 5.69 Å². The van der Waals surface area contributed by atoms with E-state index in [1.807, 2.05) is 0 Å². The van der Waals surface area contributed by atoms with Crippen LogP contribution in [0.1, 0.15) is 38.2 Å². The predicted molar refractivity (Wildman–Crippen MR) is 92.0 cm³/mol. The molecule has 3 heteroatoms. The van der Waals surface area contributed by atoms with Gasteiger partial charge >= 0.3 is 0 Å². The fourth-order valence-corrected chi connectivity index (χ4v) is 4.24. The van der Waals surface area contributed by atoms with Crippen LogP contribution in [-0.4, -0.2) is 9.82 Å². The smallest absolute Gasteiger partial charge is 0.0481 e. The number of anilines is 1. The molecule has 0 spiro atoms. The van der Waals surface area contributed by atoms with E-state index in [0.29, 0.717) is 0 Å². The first-order chi connectivity index (χ1) is 10.3. The number of rotatable bonds is 6. The Morgan fingerprint density at radius 1 is 1.19 bits per heavy atom. The minimum absolute atomic E-state index is 0.814. The molecule has 0 amide bonds. The Morgan fingerprint density at radius 3 is 2.76 bits per heavy atom. The highest BCUT2D eigenvalue weighted by atomic mass is 32.2. The summed E-state index contributed by atoms with van der Waals surface area (Å²) in [5.41, 5.74) is 2.62. The van der Waals surface area contributed by atoms with Crippen molar-refractivity contribution in [1.29, 1.82) is 0 Å². The van der Waals surface area contributed by atoms with Gasteiger partial charge in [0, 0.05) is 41.3 Å². The van der Waals surface area contributed by atoms with Crippen molar-refractivity contribution in [2.24, 2.45) is 0 Å². The zero-order chi connectivity index (χ0) is 14.5. The average molecular weight is 300 g/mol. The molecular weight excluding hydrogens is 276 g/mol. The maximum Gasteiger partial charge on any atom is 0.0481 e. The number of hydrogen-bond donors (Lipinski definition) is 1. The molecular formula is C18H24N2S. The van der Waals surface area contributed by atoms with Gasteiger partial charge in [-0.1, -0.05) is 25.0 Å². The van der Waals surface area contributed by atoms with Gasteiger partial charge in [-0.05, 0) is 43.5 Å². The van der Waals surface area contributed by atoms with Crippen LogP contribution in [0.2, 0.25) is 0 Å². The van der Waals surface area contributed by atoms with Crippen molar-refractivity contribution >= 4 is 17.4 Å². The summed E-state index contributed by atoms with van der Waals surface area (Å²) in [6.45, 7) is 4.11. The highest BCUT2D eigenvalue weighted by Gasteiger charge is 2.17. The van der Waals surface area contributed by atoms with Gasteiger partial charge in [-0.25, -0.2) is 0 Å². The lowest BCUT2D eigenvalue weighted by atomic mass is 10.3. The lowest BCUT2D eigenvalue weighted by Crippen LogP contribution is -2.01. The Kier molecular flexibility index (Phi) is 4.91. The van der Waals surface area contributed by atoms with E-state index in [-0.39, 0.29) is 0 Å². The third-order valence-corrected chi connectivity index (χ3v) is 5.56. The molecule has 0 unspecified atom stereocenters. The van der Waals surface area contributed by atoms with Gasteiger partial charge in [-0.2, -0.15) is 0 Å². The van der Waals surface area contributed by atoms with Crippen LogP contribution in [0.5, 0.6) is 0 Å². The van der Waals surface area contributed by atoms with Crippen LogP contribution in [0.15, 0.2) is 47.6 Å². The Balaban J connectivity index is 1.64. The van der Waals surface area contributed by atoms with Gasteiger partial charge in [0.15, 0.2) is 0 Å². The average Bonchev–Trinajstić information content (AvgIpc) is 3.17. The van der Waals surface area contributed by atoms with Crippen molar-refractivity contribution in [3.63, 3.8) is 0 Å². The number of para-hydroxylation sites is 1. The molecule has 0 bridgehead atoms. The van der Waals surface area contributed by atoms with Crippen molar-refractivity contribution in [3.8, 4) is 0 Å². The van der Waals surface area contributed by atoms with E-state index in [1.54, 1.807) is 0 Å². The topological polar surface area (TPSA) is 17.0 Å². The van der Waals surface area contributed by atoms with Crippen LogP contribution in [0, 0.1) is 0 Å². The number of aromatic nitrogens is 1. The number of nitrogens with zero attached hydrogens (tertiary/aromatic N) is 1. The molecule has 21 heavy (non-hydrogen) atoms. The summed E-state index contributed by atoms with van der Waals surface area (Å²) in [4.78, 5) is 1.40. The number of nitrogens with one attached hydrogen (secondary N) is 1. The molecule has 1 aliphatic rings. The predicted octanol–water partition coefficient (Wildman–Crippen LogP) is 5.15. The van der Waals surface area contributed by atoms with Crippen molar-refractivity contribution < 1.29 is 0 Å². The zero-order valence-electron chi connectivity index (χ0n) is 12.7. The summed E-state index contributed by atoms with van der Waals surface area (Å²) < 4.78 is 2.22. The number of benzene rings is 1. The molecule has 3 rings (SSSR count). The fraction of sp³-hybridized carbons (Fsp3) is 0.444. The normalized spacial score (nSPS) is 15.5. The maximum atomic E-state index is 3.61. The molecule has 1 aromatic heterocycles. The van der Waals surface area contributed by atoms with Crippen LogP contribution < -0.4 is 5.32 Å². The van der Waals surface area contributed by atoms with Crippen molar-refractivity contribution in [2.75, 3.05) is 5.32 Å². The first kappa shape index (κ1) is 14.6. The molecule has 0 aliphatic heterocycles. The number of hydrogen-bond acceptors (Lipinski definition) is 2. The molecule has 2 nitrogen and oxygen atoms in total. The van der Waals surface area contributed by atoms with Crippen molar-refractivity contribution in [3.05, 3.63) is 48.3 Å². The van der Waals surface area contributed by atoms with Gasteiger partial charge in [-0.15, -0.1) is 11.8 Å². The number of thioether (sulfide) groups is 1. The van der Waals surface area contributed by atoms with E-state index < -0.39 is 0 Å². The molecule has 0 saturated heterocycles. The standard InChI is InChI=1S/C18H24N2S/c1-2-20-12-11-15(14-20)13-19-17-9-5-6-10-18(17)21-16-7-3-4-8-16/h5-6,9-12,14,16,19H,2-4,7-8,13H2,1H3. The molecule has 1 aliphatic carbocycles. The van der Waals surface area contributed by atoms with Gasteiger partial charge in [-0.3, -0.25) is 0 Å². The minimum atomic E-state index is 0.814. The third kappa shape index (κ3) is 3.85. The van der Waals surface area contributed by atoms with Crippen LogP contribution >= 0.6 is 11.8 Å². The van der Waals surface area contributed by atoms with E-state index in [0.717, 1.165) is 18.3 Å². The molecule has 1 N–H and O–H groups in total. The van der Waals surface area contributed by atoms with Gasteiger partial charge in [0.1, 0.15) is 0 Å². The Hall–Kier alpha value is -1.35. The van der Waals surface area contributed by atoms with Crippen LogP contribution in [0.3, 0.4) is 0 Å². The molecule has 0 atom stereocenters. The second-order valence-electron chi connectivity index (χ2n) is 5.72. The van der Waals surface area contributed by atoms with E-state index in [1.165, 1.54) is 41.8 Å². The minimum Gasteiger partial charge on any atom is -0.380 e. The molecule has 1 fully saturated rings. The van der Waals surface area contributed by atoms with E-state index in [4.69, 9.17) is 0 Å². The number of aryl methyl sites for hydroxylation is 1. The molecule has 112 valence electrons. The van der Waals surface area contributed by atoms with Gasteiger partial charge in [0.2, 0.25) is 0 Å². The maximum absolute atomic E-state index is 3.61. The third-order valence-electron chi connectivity index (χ3n) is 4.14. The Bertz CT molecular complexity index is 570. The van der Waals surface area contributed by atoms with E-state index in [2.05, 4.69) is 71.3 Å². The summed E-state index contributed by atoms with van der Waals surface area (Å²) in [5.74, 6) is 0. The fourth-order valence-electron chi connectivity index (χ4n) is 2.89. The highest BCUT2D eigenvalue weighted by molar-refractivity contribution is 8.00. The van der Waals surface area contributed by atoms with E-state index in [9.17, 15) is 0 Å². The quantitative estimate of drug-likeness (QED) is 0.794. The molecule has 0 radical (unpaired) electrons. The van der Waals surface area contributed by atoms with Gasteiger partial charge in [0.25, 0.3) is 0 Å². The van der Waals surface area contributed by atoms with Crippen molar-refractivity contribution in [1.82, 2.24) is 4.57 Å². The Morgan fingerprint density at radius 2 is 2.00 bits per heavy atom. The molecule has 2 aromatic rings. The SMILES string of the molecule is CCn1ccc(CNc2ccccc2SC2CCCC2)c1. The lowest BCUT2D eigenvalue weighted by molar-refractivity contribution is 0.766. The van der Waals surface area contributed by atoms with Gasteiger partial charge in [0.05, 0.1) is 0 Å². The summed E-state index contributed by atoms with van der Waals surface area (Å²) in [6, 6.07) is 10.9. The summed E-state index contributed by atoms with van der Waals surface area (Å²) in [5, 5.41) is 4.42. The molecule has 1 saturated carbocycles. The largest absolute Gasteiger partial charge is 0.380 e. The van der Waals surface area contributed by atoms with Gasteiger partial charge < -0.3 is 9.88 Å². The monoisotopic (exact) mass is 300 g/mol. The summed E-state index contributed by atoms with van der Waals surface area (Å²) in [7, 11) is 0. The second kappa shape index (κ2) is 7.08. The first-order valence-electron chi connectivity index (χ1n) is 7.99. The van der Waals surface area contributed by atoms with Crippen LogP contribution in [-0.2, 0) is 13.1 Å². The highest BCUT2D eigenvalue weighted by Crippen LogP contribution is 2.38. The summed E-state index contributed by atoms with van der Waals surface area (Å²) in [6.07, 6.45) is 9.92. The van der Waals surface area contributed by atoms with Crippen LogP contribution in [0.25, 0.3) is 0 Å².